The Balaban J connectivity index is 2.13. The summed E-state index contributed by atoms with van der Waals surface area (Å²) in [5, 5.41) is 5.74. The van der Waals surface area contributed by atoms with Crippen LogP contribution in [0.25, 0.3) is 0 Å². The van der Waals surface area contributed by atoms with E-state index in [1.807, 2.05) is 0 Å². The number of aryl methyl sites for hydroxylation is 1. The molecule has 0 aliphatic heterocycles. The molecule has 0 bridgehead atoms. The average molecular weight is 324 g/mol. The third-order valence-corrected chi connectivity index (χ3v) is 4.80. The highest BCUT2D eigenvalue weighted by Crippen LogP contribution is 2.29. The number of para-hydroxylation sites is 1. The third kappa shape index (κ3) is 3.36. The maximum Gasteiger partial charge on any atom is 0.0578 e. The first-order valence-corrected chi connectivity index (χ1v) is 7.96. The summed E-state index contributed by atoms with van der Waals surface area (Å²) in [4.78, 5) is 1.35. The molecule has 0 amide bonds. The molecule has 3 heteroatoms. The van der Waals surface area contributed by atoms with Gasteiger partial charge in [-0.3, -0.25) is 0 Å². The van der Waals surface area contributed by atoms with Crippen molar-refractivity contribution in [2.24, 2.45) is 0 Å². The van der Waals surface area contributed by atoms with Crippen molar-refractivity contribution in [3.05, 3.63) is 50.6 Å². The van der Waals surface area contributed by atoms with E-state index in [-0.39, 0.29) is 0 Å². The van der Waals surface area contributed by atoms with Gasteiger partial charge < -0.3 is 5.32 Å². The molecular formula is C15H18BrNS. The van der Waals surface area contributed by atoms with Gasteiger partial charge in [-0.15, -0.1) is 11.3 Å². The molecule has 1 aromatic carbocycles. The smallest absolute Gasteiger partial charge is 0.0578 e. The second-order valence-electron chi connectivity index (χ2n) is 4.44. The number of benzene rings is 1. The maximum atomic E-state index is 3.61. The lowest BCUT2D eigenvalue weighted by Crippen LogP contribution is -2.06. The van der Waals surface area contributed by atoms with Crippen LogP contribution in [-0.4, -0.2) is 0 Å². The summed E-state index contributed by atoms with van der Waals surface area (Å²) < 4.78 is 1.16. The number of nitrogens with one attached hydrogen (secondary N) is 1. The van der Waals surface area contributed by atoms with E-state index >= 15 is 0 Å². The van der Waals surface area contributed by atoms with E-state index < -0.39 is 0 Å². The molecule has 0 saturated heterocycles. The SMILES string of the molecule is CCCc1ccccc1NC(C)c1cc(Br)cs1. The second-order valence-corrected chi connectivity index (χ2v) is 6.30. The fourth-order valence-corrected chi connectivity index (χ4v) is 3.46. The first kappa shape index (κ1) is 13.6. The molecule has 96 valence electrons. The van der Waals surface area contributed by atoms with Gasteiger partial charge in [0.05, 0.1) is 6.04 Å². The molecule has 1 heterocycles. The Morgan fingerprint density at radius 3 is 2.78 bits per heavy atom. The van der Waals surface area contributed by atoms with Crippen LogP contribution in [0.4, 0.5) is 5.69 Å². The number of halogens is 1. The van der Waals surface area contributed by atoms with Crippen molar-refractivity contribution < 1.29 is 0 Å². The molecule has 0 saturated carbocycles. The highest BCUT2D eigenvalue weighted by molar-refractivity contribution is 9.10. The van der Waals surface area contributed by atoms with Crippen molar-refractivity contribution in [3.8, 4) is 0 Å². The van der Waals surface area contributed by atoms with Gasteiger partial charge in [-0.05, 0) is 47.0 Å². The zero-order valence-electron chi connectivity index (χ0n) is 10.7. The van der Waals surface area contributed by atoms with Gasteiger partial charge >= 0.3 is 0 Å². The molecule has 2 rings (SSSR count). The lowest BCUT2D eigenvalue weighted by atomic mass is 10.1. The summed E-state index contributed by atoms with van der Waals surface area (Å²) in [6.07, 6.45) is 2.31. The number of hydrogen-bond donors (Lipinski definition) is 1. The second kappa shape index (κ2) is 6.39. The number of anilines is 1. The van der Waals surface area contributed by atoms with Gasteiger partial charge in [-0.25, -0.2) is 0 Å². The van der Waals surface area contributed by atoms with Crippen LogP contribution >= 0.6 is 27.3 Å². The minimum atomic E-state index is 0.347. The molecule has 1 nitrogen and oxygen atoms in total. The third-order valence-electron chi connectivity index (χ3n) is 2.92. The summed E-state index contributed by atoms with van der Waals surface area (Å²) in [6.45, 7) is 4.43. The quantitative estimate of drug-likeness (QED) is 0.751. The van der Waals surface area contributed by atoms with Crippen LogP contribution in [0, 0.1) is 0 Å². The molecule has 0 spiro atoms. The normalized spacial score (nSPS) is 12.4. The highest BCUT2D eigenvalue weighted by Gasteiger charge is 2.09. The summed E-state index contributed by atoms with van der Waals surface area (Å²) in [5.41, 5.74) is 2.67. The van der Waals surface area contributed by atoms with Gasteiger partial charge in [0.2, 0.25) is 0 Å². The summed E-state index contributed by atoms with van der Waals surface area (Å²) >= 11 is 5.29. The van der Waals surface area contributed by atoms with Crippen molar-refractivity contribution in [3.63, 3.8) is 0 Å². The zero-order valence-corrected chi connectivity index (χ0v) is 13.1. The van der Waals surface area contributed by atoms with Gasteiger partial charge in [-0.2, -0.15) is 0 Å². The molecule has 2 aromatic rings. The standard InChI is InChI=1S/C15H18BrNS/c1-3-6-12-7-4-5-8-14(12)17-11(2)15-9-13(16)10-18-15/h4-5,7-11,17H,3,6H2,1-2H3. The molecule has 1 aromatic heterocycles. The topological polar surface area (TPSA) is 12.0 Å². The van der Waals surface area contributed by atoms with Gasteiger partial charge in [0.25, 0.3) is 0 Å². The summed E-state index contributed by atoms with van der Waals surface area (Å²) in [7, 11) is 0. The molecule has 0 fully saturated rings. The van der Waals surface area contributed by atoms with Crippen LogP contribution in [0.2, 0.25) is 0 Å². The molecule has 0 aliphatic rings. The Morgan fingerprint density at radius 1 is 1.33 bits per heavy atom. The van der Waals surface area contributed by atoms with Crippen molar-refractivity contribution in [2.75, 3.05) is 5.32 Å². The number of hydrogen-bond acceptors (Lipinski definition) is 2. The zero-order chi connectivity index (χ0) is 13.0. The number of rotatable bonds is 5. The highest BCUT2D eigenvalue weighted by atomic mass is 79.9. The lowest BCUT2D eigenvalue weighted by molar-refractivity contribution is 0.882. The average Bonchev–Trinajstić information content (AvgIpc) is 2.79. The van der Waals surface area contributed by atoms with Crippen LogP contribution in [0.15, 0.2) is 40.2 Å². The van der Waals surface area contributed by atoms with Crippen molar-refractivity contribution in [1.82, 2.24) is 0 Å². The van der Waals surface area contributed by atoms with E-state index in [0.29, 0.717) is 6.04 Å². The predicted molar refractivity (Wildman–Crippen MR) is 84.5 cm³/mol. The maximum absolute atomic E-state index is 3.61. The van der Waals surface area contributed by atoms with E-state index in [1.165, 1.54) is 22.5 Å². The van der Waals surface area contributed by atoms with Crippen LogP contribution in [0.5, 0.6) is 0 Å². The Bertz CT molecular complexity index is 507. The molecule has 1 N–H and O–H groups in total. The minimum Gasteiger partial charge on any atom is -0.377 e. The van der Waals surface area contributed by atoms with Crippen LogP contribution in [-0.2, 0) is 6.42 Å². The van der Waals surface area contributed by atoms with Crippen molar-refractivity contribution in [1.29, 1.82) is 0 Å². The van der Waals surface area contributed by atoms with E-state index in [2.05, 4.69) is 70.8 Å². The first-order chi connectivity index (χ1) is 8.70. The predicted octanol–water partition coefficient (Wildman–Crippen LogP) is 5.64. The largest absolute Gasteiger partial charge is 0.377 e. The number of thiophene rings is 1. The Morgan fingerprint density at radius 2 is 2.11 bits per heavy atom. The monoisotopic (exact) mass is 323 g/mol. The Hall–Kier alpha value is -0.800. The summed E-state index contributed by atoms with van der Waals surface area (Å²) in [5.74, 6) is 0. The van der Waals surface area contributed by atoms with Gasteiger partial charge in [0.15, 0.2) is 0 Å². The fourth-order valence-electron chi connectivity index (χ4n) is 2.01. The van der Waals surface area contributed by atoms with E-state index in [0.717, 1.165) is 10.9 Å². The van der Waals surface area contributed by atoms with Gasteiger partial charge in [0.1, 0.15) is 0 Å². The van der Waals surface area contributed by atoms with Gasteiger partial charge in [-0.1, -0.05) is 31.5 Å². The van der Waals surface area contributed by atoms with Crippen molar-refractivity contribution in [2.45, 2.75) is 32.7 Å². The summed E-state index contributed by atoms with van der Waals surface area (Å²) in [6, 6.07) is 11.1. The first-order valence-electron chi connectivity index (χ1n) is 6.29. The minimum absolute atomic E-state index is 0.347. The molecule has 1 atom stereocenters. The van der Waals surface area contributed by atoms with Crippen LogP contribution < -0.4 is 5.32 Å². The molecule has 0 aliphatic carbocycles. The molecule has 1 unspecified atom stereocenters. The van der Waals surface area contributed by atoms with Crippen LogP contribution in [0.1, 0.15) is 36.8 Å². The van der Waals surface area contributed by atoms with E-state index in [4.69, 9.17) is 0 Å². The molecular weight excluding hydrogens is 306 g/mol. The fraction of sp³-hybridized carbons (Fsp3) is 0.333. The molecule has 0 radical (unpaired) electrons. The Kier molecular flexibility index (Phi) is 4.84. The Labute approximate surface area is 121 Å². The molecule has 18 heavy (non-hydrogen) atoms. The van der Waals surface area contributed by atoms with Crippen LogP contribution in [0.3, 0.4) is 0 Å². The lowest BCUT2D eigenvalue weighted by Gasteiger charge is -2.17. The van der Waals surface area contributed by atoms with Gasteiger partial charge in [0, 0.05) is 20.4 Å². The van der Waals surface area contributed by atoms with E-state index in [1.54, 1.807) is 11.3 Å². The van der Waals surface area contributed by atoms with Crippen molar-refractivity contribution >= 4 is 33.0 Å². The van der Waals surface area contributed by atoms with E-state index in [9.17, 15) is 0 Å².